The molecular formula is C15H17NO3S. The van der Waals surface area contributed by atoms with E-state index in [-0.39, 0.29) is 5.91 Å². The van der Waals surface area contributed by atoms with Crippen molar-refractivity contribution in [1.29, 1.82) is 0 Å². The van der Waals surface area contributed by atoms with Gasteiger partial charge in [-0.3, -0.25) is 4.79 Å². The predicted molar refractivity (Wildman–Crippen MR) is 80.2 cm³/mol. The molecule has 0 aliphatic rings. The van der Waals surface area contributed by atoms with Crippen LogP contribution in [0.5, 0.6) is 5.75 Å². The van der Waals surface area contributed by atoms with Gasteiger partial charge in [0, 0.05) is 17.9 Å². The van der Waals surface area contributed by atoms with Crippen molar-refractivity contribution in [1.82, 2.24) is 5.32 Å². The molecule has 4 nitrogen and oxygen atoms in total. The number of rotatable bonds is 7. The quantitative estimate of drug-likeness (QED) is 0.797. The first kappa shape index (κ1) is 14.5. The molecule has 1 aromatic carbocycles. The first-order valence-electron chi connectivity index (χ1n) is 6.32. The lowest BCUT2D eigenvalue weighted by Gasteiger charge is -2.06. The normalized spacial score (nSPS) is 10.2. The van der Waals surface area contributed by atoms with Gasteiger partial charge in [-0.15, -0.1) is 0 Å². The van der Waals surface area contributed by atoms with Crippen molar-refractivity contribution in [3.8, 4) is 5.75 Å². The number of nitrogens with one attached hydrogen (secondary N) is 1. The van der Waals surface area contributed by atoms with E-state index in [0.717, 1.165) is 17.3 Å². The average molecular weight is 291 g/mol. The minimum absolute atomic E-state index is 0.0810. The van der Waals surface area contributed by atoms with E-state index < -0.39 is 0 Å². The number of carbonyl (C=O) groups excluding carboxylic acids is 1. The Morgan fingerprint density at radius 3 is 3.00 bits per heavy atom. The second-order valence-corrected chi connectivity index (χ2v) is 5.22. The van der Waals surface area contributed by atoms with E-state index in [2.05, 4.69) is 5.32 Å². The van der Waals surface area contributed by atoms with Crippen molar-refractivity contribution >= 4 is 17.7 Å². The van der Waals surface area contributed by atoms with Crippen LogP contribution in [0.1, 0.15) is 16.1 Å². The number of thioether (sulfide) groups is 1. The Balaban J connectivity index is 1.69. The minimum atomic E-state index is -0.0810. The Morgan fingerprint density at radius 2 is 2.25 bits per heavy atom. The highest BCUT2D eigenvalue weighted by atomic mass is 32.2. The monoisotopic (exact) mass is 291 g/mol. The standard InChI is InChI=1S/C15H17NO3S/c1-18-13-5-2-4-12(10-13)15(17)16-7-9-20-11-14-6-3-8-19-14/h2-6,8,10H,7,9,11H2,1H3,(H,16,17). The van der Waals surface area contributed by atoms with Gasteiger partial charge >= 0.3 is 0 Å². The Hall–Kier alpha value is -1.88. The Labute approximate surface area is 122 Å². The lowest BCUT2D eigenvalue weighted by molar-refractivity contribution is 0.0956. The highest BCUT2D eigenvalue weighted by Gasteiger charge is 2.05. The average Bonchev–Trinajstić information content (AvgIpc) is 3.00. The van der Waals surface area contributed by atoms with E-state index in [1.165, 1.54) is 0 Å². The summed E-state index contributed by atoms with van der Waals surface area (Å²) in [6.45, 7) is 0.626. The fourth-order valence-electron chi connectivity index (χ4n) is 1.67. The Bertz CT molecular complexity index is 540. The van der Waals surface area contributed by atoms with Gasteiger partial charge in [-0.2, -0.15) is 11.8 Å². The summed E-state index contributed by atoms with van der Waals surface area (Å²) in [6, 6.07) is 10.9. The summed E-state index contributed by atoms with van der Waals surface area (Å²) >= 11 is 1.72. The molecule has 0 aliphatic carbocycles. The molecule has 0 radical (unpaired) electrons. The Kier molecular flexibility index (Phi) is 5.55. The molecule has 0 saturated heterocycles. The summed E-state index contributed by atoms with van der Waals surface area (Å²) in [5.74, 6) is 3.22. The van der Waals surface area contributed by atoms with Gasteiger partial charge in [0.15, 0.2) is 0 Å². The molecular weight excluding hydrogens is 274 g/mol. The second kappa shape index (κ2) is 7.65. The van der Waals surface area contributed by atoms with Gasteiger partial charge in [-0.25, -0.2) is 0 Å². The molecule has 1 aromatic heterocycles. The smallest absolute Gasteiger partial charge is 0.251 e. The maximum absolute atomic E-state index is 11.9. The van der Waals surface area contributed by atoms with Crippen molar-refractivity contribution in [2.24, 2.45) is 0 Å². The first-order valence-corrected chi connectivity index (χ1v) is 7.47. The topological polar surface area (TPSA) is 51.5 Å². The van der Waals surface area contributed by atoms with Gasteiger partial charge in [0.05, 0.1) is 19.1 Å². The summed E-state index contributed by atoms with van der Waals surface area (Å²) in [7, 11) is 1.59. The van der Waals surface area contributed by atoms with Crippen LogP contribution >= 0.6 is 11.8 Å². The van der Waals surface area contributed by atoms with Gasteiger partial charge in [0.2, 0.25) is 0 Å². The van der Waals surface area contributed by atoms with Gasteiger partial charge in [0.25, 0.3) is 5.91 Å². The molecule has 20 heavy (non-hydrogen) atoms. The van der Waals surface area contributed by atoms with Crippen LogP contribution in [0, 0.1) is 0 Å². The van der Waals surface area contributed by atoms with Crippen LogP contribution < -0.4 is 10.1 Å². The van der Waals surface area contributed by atoms with E-state index in [1.54, 1.807) is 43.3 Å². The van der Waals surface area contributed by atoms with Crippen molar-refractivity contribution in [2.45, 2.75) is 5.75 Å². The summed E-state index contributed by atoms with van der Waals surface area (Å²) in [5, 5.41) is 2.88. The zero-order chi connectivity index (χ0) is 14.2. The lowest BCUT2D eigenvalue weighted by Crippen LogP contribution is -2.25. The van der Waals surface area contributed by atoms with Crippen LogP contribution in [0.4, 0.5) is 0 Å². The summed E-state index contributed by atoms with van der Waals surface area (Å²) < 4.78 is 10.3. The number of ether oxygens (including phenoxy) is 1. The maximum Gasteiger partial charge on any atom is 0.251 e. The van der Waals surface area contributed by atoms with Crippen LogP contribution in [0.2, 0.25) is 0 Å². The molecule has 1 N–H and O–H groups in total. The number of hydrogen-bond donors (Lipinski definition) is 1. The van der Waals surface area contributed by atoms with Crippen LogP contribution in [-0.4, -0.2) is 25.3 Å². The Morgan fingerprint density at radius 1 is 1.35 bits per heavy atom. The summed E-state index contributed by atoms with van der Waals surface area (Å²) in [4.78, 5) is 11.9. The summed E-state index contributed by atoms with van der Waals surface area (Å²) in [6.07, 6.45) is 1.67. The van der Waals surface area contributed by atoms with Gasteiger partial charge < -0.3 is 14.5 Å². The van der Waals surface area contributed by atoms with E-state index in [9.17, 15) is 4.79 Å². The number of benzene rings is 1. The fourth-order valence-corrected chi connectivity index (χ4v) is 2.43. The molecule has 0 unspecified atom stereocenters. The van der Waals surface area contributed by atoms with E-state index in [4.69, 9.17) is 9.15 Å². The van der Waals surface area contributed by atoms with Crippen LogP contribution in [-0.2, 0) is 5.75 Å². The molecule has 2 rings (SSSR count). The third kappa shape index (κ3) is 4.35. The van der Waals surface area contributed by atoms with E-state index in [0.29, 0.717) is 17.9 Å². The number of furan rings is 1. The zero-order valence-corrected chi connectivity index (χ0v) is 12.1. The van der Waals surface area contributed by atoms with Crippen molar-refractivity contribution in [3.05, 3.63) is 54.0 Å². The van der Waals surface area contributed by atoms with Gasteiger partial charge in [-0.05, 0) is 30.3 Å². The molecule has 0 spiro atoms. The third-order valence-corrected chi connectivity index (χ3v) is 3.67. The van der Waals surface area contributed by atoms with Crippen molar-refractivity contribution in [3.63, 3.8) is 0 Å². The maximum atomic E-state index is 11.9. The van der Waals surface area contributed by atoms with E-state index in [1.807, 2.05) is 18.2 Å². The number of carbonyl (C=O) groups is 1. The summed E-state index contributed by atoms with van der Waals surface area (Å²) in [5.41, 5.74) is 0.611. The van der Waals surface area contributed by atoms with Gasteiger partial charge in [-0.1, -0.05) is 6.07 Å². The number of hydrogen-bond acceptors (Lipinski definition) is 4. The molecule has 0 saturated carbocycles. The SMILES string of the molecule is COc1cccc(C(=O)NCCSCc2ccco2)c1. The molecule has 106 valence electrons. The molecule has 0 aliphatic heterocycles. The largest absolute Gasteiger partial charge is 0.497 e. The molecule has 5 heteroatoms. The molecule has 1 amide bonds. The molecule has 2 aromatic rings. The molecule has 1 heterocycles. The fraction of sp³-hybridized carbons (Fsp3) is 0.267. The minimum Gasteiger partial charge on any atom is -0.497 e. The highest BCUT2D eigenvalue weighted by molar-refractivity contribution is 7.98. The zero-order valence-electron chi connectivity index (χ0n) is 11.3. The number of amides is 1. The van der Waals surface area contributed by atoms with Crippen LogP contribution in [0.3, 0.4) is 0 Å². The predicted octanol–water partition coefficient (Wildman–Crippen LogP) is 2.95. The third-order valence-electron chi connectivity index (χ3n) is 2.69. The number of methoxy groups -OCH3 is 1. The van der Waals surface area contributed by atoms with Crippen LogP contribution in [0.15, 0.2) is 47.1 Å². The molecule has 0 fully saturated rings. The lowest BCUT2D eigenvalue weighted by atomic mass is 10.2. The van der Waals surface area contributed by atoms with Crippen LogP contribution in [0.25, 0.3) is 0 Å². The first-order chi connectivity index (χ1) is 9.79. The molecule has 0 atom stereocenters. The molecule has 0 bridgehead atoms. The second-order valence-electron chi connectivity index (χ2n) is 4.12. The van der Waals surface area contributed by atoms with E-state index >= 15 is 0 Å². The highest BCUT2D eigenvalue weighted by Crippen LogP contribution is 2.13. The van der Waals surface area contributed by atoms with Crippen molar-refractivity contribution in [2.75, 3.05) is 19.4 Å². The van der Waals surface area contributed by atoms with Crippen molar-refractivity contribution < 1.29 is 13.9 Å². The van der Waals surface area contributed by atoms with Gasteiger partial charge in [0.1, 0.15) is 11.5 Å².